The molecule has 2 atom stereocenters. The number of H-pyrrole nitrogens is 1. The van der Waals surface area contributed by atoms with Crippen LogP contribution in [0.3, 0.4) is 0 Å². The molecule has 10 heteroatoms. The molecule has 1 unspecified atom stereocenters. The number of halogens is 3. The average molecular weight is 532 g/mol. The van der Waals surface area contributed by atoms with E-state index >= 15 is 4.39 Å². The van der Waals surface area contributed by atoms with Crippen molar-refractivity contribution in [3.8, 4) is 0 Å². The molecule has 3 aromatic rings. The number of rotatable bonds is 10. The molecule has 36 heavy (non-hydrogen) atoms. The first-order valence-electron chi connectivity index (χ1n) is 11.3. The molecule has 0 amide bonds. The van der Waals surface area contributed by atoms with Crippen LogP contribution < -0.4 is 15.9 Å². The van der Waals surface area contributed by atoms with Crippen LogP contribution in [0, 0.1) is 0 Å². The van der Waals surface area contributed by atoms with Gasteiger partial charge in [-0.3, -0.25) is 15.1 Å². The third kappa shape index (κ3) is 7.01. The van der Waals surface area contributed by atoms with Crippen molar-refractivity contribution < 1.29 is 14.2 Å². The Labute approximate surface area is 219 Å². The second kappa shape index (κ2) is 12.8. The van der Waals surface area contributed by atoms with Gasteiger partial charge in [0, 0.05) is 42.0 Å². The normalized spacial score (nSPS) is 14.7. The minimum atomic E-state index is -0.558. The second-order valence-corrected chi connectivity index (χ2v) is 8.93. The highest BCUT2D eigenvalue weighted by Crippen LogP contribution is 2.32. The van der Waals surface area contributed by atoms with E-state index in [0.29, 0.717) is 44.0 Å². The van der Waals surface area contributed by atoms with Gasteiger partial charge in [0.1, 0.15) is 17.6 Å². The number of allylic oxidation sites excluding steroid dienone is 2. The van der Waals surface area contributed by atoms with Gasteiger partial charge in [0.15, 0.2) is 5.83 Å². The van der Waals surface area contributed by atoms with Crippen LogP contribution >= 0.6 is 23.2 Å². The summed E-state index contributed by atoms with van der Waals surface area (Å²) in [6.07, 6.45) is 8.83. The summed E-state index contributed by atoms with van der Waals surface area (Å²) in [7, 11) is 0. The third-order valence-corrected chi connectivity index (χ3v) is 5.94. The predicted octanol–water partition coefficient (Wildman–Crippen LogP) is 4.32. The lowest BCUT2D eigenvalue weighted by Gasteiger charge is -2.18. The van der Waals surface area contributed by atoms with E-state index in [2.05, 4.69) is 32.1 Å². The number of aromatic amines is 1. The molecule has 0 saturated carbocycles. The van der Waals surface area contributed by atoms with Crippen LogP contribution in [-0.2, 0) is 11.3 Å². The zero-order valence-electron chi connectivity index (χ0n) is 20.2. The molecule has 0 radical (unpaired) electrons. The van der Waals surface area contributed by atoms with E-state index in [9.17, 15) is 0 Å². The van der Waals surface area contributed by atoms with E-state index in [-0.39, 0.29) is 18.3 Å². The number of aliphatic hydroxyl groups excluding tert-OH is 1. The summed E-state index contributed by atoms with van der Waals surface area (Å²) in [5, 5.41) is 20.7. The van der Waals surface area contributed by atoms with Gasteiger partial charge in [-0.15, -0.1) is 0 Å². The monoisotopic (exact) mass is 531 g/mol. The van der Waals surface area contributed by atoms with Crippen molar-refractivity contribution in [1.82, 2.24) is 25.5 Å². The number of aliphatic hydroxyl groups is 1. The van der Waals surface area contributed by atoms with Crippen LogP contribution in [-0.4, -0.2) is 37.9 Å². The second-order valence-electron chi connectivity index (χ2n) is 8.12. The minimum Gasteiger partial charge on any atom is -0.486 e. The van der Waals surface area contributed by atoms with Crippen molar-refractivity contribution in [1.29, 1.82) is 0 Å². The molecule has 3 rings (SSSR count). The summed E-state index contributed by atoms with van der Waals surface area (Å²) in [6, 6.07) is 3.52. The Morgan fingerprint density at radius 2 is 1.97 bits per heavy atom. The molecule has 0 aromatic carbocycles. The lowest BCUT2D eigenvalue weighted by molar-refractivity contribution is 0.147. The molecule has 0 spiro atoms. The van der Waals surface area contributed by atoms with Gasteiger partial charge in [-0.2, -0.15) is 5.10 Å². The van der Waals surface area contributed by atoms with E-state index in [1.807, 2.05) is 13.8 Å². The molecular formula is C26H28Cl2FN5O2. The lowest BCUT2D eigenvalue weighted by atomic mass is 10.1. The molecule has 0 saturated heterocycles. The summed E-state index contributed by atoms with van der Waals surface area (Å²) >= 11 is 12.5. The van der Waals surface area contributed by atoms with Crippen LogP contribution in [0.1, 0.15) is 49.4 Å². The van der Waals surface area contributed by atoms with E-state index in [0.717, 1.165) is 5.69 Å². The van der Waals surface area contributed by atoms with Crippen molar-refractivity contribution in [2.24, 2.45) is 0 Å². The highest BCUT2D eigenvalue weighted by Gasteiger charge is 2.17. The molecule has 0 aliphatic heterocycles. The number of hydrogen-bond acceptors (Lipinski definition) is 6. The van der Waals surface area contributed by atoms with Crippen molar-refractivity contribution in [3.63, 3.8) is 0 Å². The first kappa shape index (κ1) is 27.5. The molecule has 7 nitrogen and oxygen atoms in total. The maximum Gasteiger partial charge on any atom is 0.151 e. The molecule has 3 N–H and O–H groups in total. The molecule has 190 valence electrons. The van der Waals surface area contributed by atoms with Gasteiger partial charge < -0.3 is 15.2 Å². The molecule has 3 heterocycles. The number of ether oxygens (including phenoxy) is 1. The minimum absolute atomic E-state index is 0.0352. The predicted molar refractivity (Wildman–Crippen MR) is 142 cm³/mol. The number of pyridine rings is 2. The zero-order chi connectivity index (χ0) is 26.2. The quantitative estimate of drug-likeness (QED) is 0.337. The van der Waals surface area contributed by atoms with E-state index in [4.69, 9.17) is 33.0 Å². The summed E-state index contributed by atoms with van der Waals surface area (Å²) < 4.78 is 21.3. The molecular weight excluding hydrogens is 504 g/mol. The van der Waals surface area contributed by atoms with Crippen molar-refractivity contribution in [3.05, 3.63) is 85.7 Å². The Morgan fingerprint density at radius 3 is 2.58 bits per heavy atom. The Kier molecular flexibility index (Phi) is 9.78. The maximum atomic E-state index is 15.2. The number of aromatic nitrogens is 4. The summed E-state index contributed by atoms with van der Waals surface area (Å²) in [6.45, 7) is 9.93. The smallest absolute Gasteiger partial charge is 0.151 e. The van der Waals surface area contributed by atoms with Gasteiger partial charge in [-0.1, -0.05) is 35.8 Å². The van der Waals surface area contributed by atoms with E-state index < -0.39 is 11.9 Å². The van der Waals surface area contributed by atoms with Gasteiger partial charge >= 0.3 is 0 Å². The number of nitrogens with one attached hydrogen (secondary N) is 2. The average Bonchev–Trinajstić information content (AvgIpc) is 3.22. The maximum absolute atomic E-state index is 15.2. The Morgan fingerprint density at radius 1 is 1.25 bits per heavy atom. The number of hydrogen-bond donors (Lipinski definition) is 3. The van der Waals surface area contributed by atoms with Crippen molar-refractivity contribution >= 4 is 47.8 Å². The standard InChI is InChI=1S/C26H28Cl2FN5O2/c1-5-20(36-17(4)25-22(27)12-30-13-23(25)28)9-21-16(3)33-34-26(21)24(29)8-18-6-7-19(32-10-18)11-31-15(2)14-35/h5-10,12-13,15,17,31,33,35H,3,11,14H2,1-2,4H3/b20-5+,21-9+,24-8-/t15-,17?/m0/s1. The first-order valence-corrected chi connectivity index (χ1v) is 12.0. The molecule has 3 aromatic heterocycles. The molecule has 0 aliphatic carbocycles. The Bertz CT molecular complexity index is 1340. The topological polar surface area (TPSA) is 96.0 Å². The summed E-state index contributed by atoms with van der Waals surface area (Å²) in [5.41, 5.74) is 2.05. The number of nitrogens with zero attached hydrogens (tertiary/aromatic N) is 3. The van der Waals surface area contributed by atoms with E-state index in [1.165, 1.54) is 18.5 Å². The SMILES string of the molecule is C=c1[nH]nc(/C(F)=C/c2ccc(CN[C@@H](C)CO)nc2)/c1=C/C(=C\C)OC(C)c1c(Cl)cncc1Cl. The van der Waals surface area contributed by atoms with E-state index in [1.54, 1.807) is 37.4 Å². The molecule has 0 bridgehead atoms. The highest BCUT2D eigenvalue weighted by molar-refractivity contribution is 6.35. The fourth-order valence-electron chi connectivity index (χ4n) is 3.31. The van der Waals surface area contributed by atoms with Gasteiger partial charge in [0.25, 0.3) is 0 Å². The lowest BCUT2D eigenvalue weighted by Crippen LogP contribution is -2.28. The fraction of sp³-hybridized carbons (Fsp3) is 0.269. The summed E-state index contributed by atoms with van der Waals surface area (Å²) in [5.74, 6) is -0.0971. The molecule has 0 aliphatic rings. The van der Waals surface area contributed by atoms with Crippen LogP contribution in [0.4, 0.5) is 4.39 Å². The van der Waals surface area contributed by atoms with Crippen LogP contribution in [0.5, 0.6) is 0 Å². The zero-order valence-corrected chi connectivity index (χ0v) is 21.7. The Hall–Kier alpha value is -3.04. The van der Waals surface area contributed by atoms with Gasteiger partial charge in [0.2, 0.25) is 0 Å². The van der Waals surface area contributed by atoms with Crippen molar-refractivity contribution in [2.75, 3.05) is 6.61 Å². The fourth-order valence-corrected chi connectivity index (χ4v) is 3.98. The van der Waals surface area contributed by atoms with Gasteiger partial charge in [-0.25, -0.2) is 4.39 Å². The van der Waals surface area contributed by atoms with Crippen LogP contribution in [0.2, 0.25) is 10.0 Å². The highest BCUT2D eigenvalue weighted by atomic mass is 35.5. The van der Waals surface area contributed by atoms with Crippen molar-refractivity contribution in [2.45, 2.75) is 39.5 Å². The summed E-state index contributed by atoms with van der Waals surface area (Å²) in [4.78, 5) is 8.30. The first-order chi connectivity index (χ1) is 17.2. The van der Waals surface area contributed by atoms with Gasteiger partial charge in [0.05, 0.1) is 27.7 Å². The van der Waals surface area contributed by atoms with Gasteiger partial charge in [-0.05, 0) is 50.6 Å². The third-order valence-electron chi connectivity index (χ3n) is 5.34. The van der Waals surface area contributed by atoms with Crippen LogP contribution in [0.25, 0.3) is 24.6 Å². The Balaban J connectivity index is 1.83. The largest absolute Gasteiger partial charge is 0.486 e. The van der Waals surface area contributed by atoms with Crippen LogP contribution in [0.15, 0.2) is 42.6 Å². The molecule has 0 fully saturated rings.